The average Bonchev–Trinajstić information content (AvgIpc) is 3.12. The van der Waals surface area contributed by atoms with E-state index in [9.17, 15) is 29.1 Å². The fraction of sp³-hybridized carbons (Fsp3) is 0.275. The van der Waals surface area contributed by atoms with Crippen LogP contribution in [-0.2, 0) is 51.4 Å². The van der Waals surface area contributed by atoms with E-state index in [2.05, 4.69) is 10.6 Å². The molecule has 1 aliphatic rings. The Morgan fingerprint density at radius 1 is 0.765 bits per heavy atom. The van der Waals surface area contributed by atoms with E-state index < -0.39 is 53.8 Å². The number of amides is 4. The number of rotatable bonds is 13. The Balaban J connectivity index is 1.40. The third-order valence-corrected chi connectivity index (χ3v) is 9.37. The number of carboxylic acids is 1. The Labute approximate surface area is 297 Å². The van der Waals surface area contributed by atoms with Gasteiger partial charge in [-0.3, -0.25) is 19.2 Å². The molecule has 1 aliphatic heterocycles. The number of carbonyl (C=O) groups excluding carboxylic acids is 4. The molecule has 0 spiro atoms. The molecule has 0 aromatic heterocycles. The number of benzene rings is 4. The van der Waals surface area contributed by atoms with Crippen molar-refractivity contribution in [2.24, 2.45) is 11.5 Å². The minimum Gasteiger partial charge on any atom is -0.480 e. The number of carbonyl (C=O) groups is 5. The Morgan fingerprint density at radius 2 is 1.29 bits per heavy atom. The van der Waals surface area contributed by atoms with Crippen molar-refractivity contribution in [2.75, 3.05) is 0 Å². The highest BCUT2D eigenvalue weighted by atomic mass is 16.4. The zero-order chi connectivity index (χ0) is 36.7. The van der Waals surface area contributed by atoms with Gasteiger partial charge in [-0.25, -0.2) is 4.79 Å². The molecule has 51 heavy (non-hydrogen) atoms. The summed E-state index contributed by atoms with van der Waals surface area (Å²) < 4.78 is 0. The third kappa shape index (κ3) is 9.06. The molecule has 0 radical (unpaired) electrons. The van der Waals surface area contributed by atoms with Gasteiger partial charge >= 0.3 is 5.97 Å². The Hall–Kier alpha value is -5.81. The van der Waals surface area contributed by atoms with Gasteiger partial charge in [-0.05, 0) is 71.3 Å². The molecule has 4 amide bonds. The van der Waals surface area contributed by atoms with Gasteiger partial charge in [0.15, 0.2) is 0 Å². The van der Waals surface area contributed by atoms with E-state index in [1.165, 1.54) is 4.90 Å². The Bertz CT molecular complexity index is 1890. The first kappa shape index (κ1) is 36.5. The van der Waals surface area contributed by atoms with Gasteiger partial charge in [0.25, 0.3) is 0 Å². The van der Waals surface area contributed by atoms with Crippen molar-refractivity contribution in [3.8, 4) is 0 Å². The van der Waals surface area contributed by atoms with Crippen molar-refractivity contribution in [3.05, 3.63) is 142 Å². The van der Waals surface area contributed by atoms with E-state index in [0.717, 1.165) is 38.9 Å². The molecule has 11 heteroatoms. The highest BCUT2D eigenvalue weighted by Crippen LogP contribution is 2.26. The lowest BCUT2D eigenvalue weighted by molar-refractivity contribution is -0.144. The molecular weight excluding hydrogens is 646 g/mol. The van der Waals surface area contributed by atoms with Gasteiger partial charge in [-0.2, -0.15) is 0 Å². The normalized spacial score (nSPS) is 15.5. The van der Waals surface area contributed by atoms with Crippen molar-refractivity contribution in [3.63, 3.8) is 0 Å². The van der Waals surface area contributed by atoms with Crippen LogP contribution in [0.3, 0.4) is 0 Å². The maximum Gasteiger partial charge on any atom is 0.326 e. The van der Waals surface area contributed by atoms with Crippen LogP contribution >= 0.6 is 0 Å². The Kier molecular flexibility index (Phi) is 11.6. The summed E-state index contributed by atoms with van der Waals surface area (Å²) in [6.07, 6.45) is 0.501. The summed E-state index contributed by atoms with van der Waals surface area (Å²) in [5.41, 5.74) is 18.0. The number of primary amides is 1. The second-order valence-electron chi connectivity index (χ2n) is 13.1. The summed E-state index contributed by atoms with van der Waals surface area (Å²) in [4.78, 5) is 67.6. The van der Waals surface area contributed by atoms with E-state index in [1.54, 1.807) is 36.4 Å². The van der Waals surface area contributed by atoms with Gasteiger partial charge in [0, 0.05) is 31.4 Å². The molecule has 0 bridgehead atoms. The van der Waals surface area contributed by atoms with Crippen LogP contribution in [0.25, 0.3) is 0 Å². The molecule has 0 saturated carbocycles. The molecule has 4 aromatic rings. The number of aryl methyl sites for hydroxylation is 2. The minimum absolute atomic E-state index is 0.0533. The summed E-state index contributed by atoms with van der Waals surface area (Å²) in [7, 11) is 0. The number of hydrogen-bond acceptors (Lipinski definition) is 6. The highest BCUT2D eigenvalue weighted by Gasteiger charge is 2.38. The molecule has 4 aromatic carbocycles. The molecular formula is C40H43N5O6. The first-order valence-electron chi connectivity index (χ1n) is 16.9. The molecule has 264 valence electrons. The van der Waals surface area contributed by atoms with Gasteiger partial charge in [-0.1, -0.05) is 84.9 Å². The Morgan fingerprint density at radius 3 is 1.84 bits per heavy atom. The lowest BCUT2D eigenvalue weighted by Gasteiger charge is -2.38. The van der Waals surface area contributed by atoms with Crippen molar-refractivity contribution >= 4 is 29.6 Å². The van der Waals surface area contributed by atoms with Crippen molar-refractivity contribution in [1.29, 1.82) is 0 Å². The first-order valence-corrected chi connectivity index (χ1v) is 16.9. The highest BCUT2D eigenvalue weighted by molar-refractivity contribution is 5.95. The summed E-state index contributed by atoms with van der Waals surface area (Å²) >= 11 is 0. The fourth-order valence-corrected chi connectivity index (χ4v) is 6.62. The van der Waals surface area contributed by atoms with Gasteiger partial charge in [0.2, 0.25) is 23.6 Å². The average molecular weight is 690 g/mol. The van der Waals surface area contributed by atoms with E-state index >= 15 is 0 Å². The van der Waals surface area contributed by atoms with Crippen LogP contribution in [-0.4, -0.2) is 63.8 Å². The number of aliphatic carboxylic acids is 1. The van der Waals surface area contributed by atoms with Crippen LogP contribution in [0, 0.1) is 13.8 Å². The maximum atomic E-state index is 14.2. The number of nitrogens with one attached hydrogen (secondary N) is 2. The van der Waals surface area contributed by atoms with E-state index in [1.807, 2.05) is 74.5 Å². The second-order valence-corrected chi connectivity index (χ2v) is 13.1. The van der Waals surface area contributed by atoms with Gasteiger partial charge in [-0.15, -0.1) is 0 Å². The molecule has 0 aliphatic carbocycles. The van der Waals surface area contributed by atoms with Crippen LogP contribution < -0.4 is 22.1 Å². The monoisotopic (exact) mass is 689 g/mol. The van der Waals surface area contributed by atoms with Gasteiger partial charge in [0.05, 0.1) is 6.04 Å². The lowest BCUT2D eigenvalue weighted by Crippen LogP contribution is -2.60. The van der Waals surface area contributed by atoms with Crippen molar-refractivity contribution < 1.29 is 29.1 Å². The van der Waals surface area contributed by atoms with E-state index in [0.29, 0.717) is 5.56 Å². The van der Waals surface area contributed by atoms with Crippen LogP contribution in [0.5, 0.6) is 0 Å². The predicted octanol–water partition coefficient (Wildman–Crippen LogP) is 2.77. The van der Waals surface area contributed by atoms with Crippen LogP contribution in [0.4, 0.5) is 0 Å². The molecule has 7 N–H and O–H groups in total. The maximum absolute atomic E-state index is 14.2. The number of hydrogen-bond donors (Lipinski definition) is 5. The predicted molar refractivity (Wildman–Crippen MR) is 192 cm³/mol. The molecule has 1 unspecified atom stereocenters. The molecule has 0 fully saturated rings. The van der Waals surface area contributed by atoms with Crippen LogP contribution in [0.1, 0.15) is 49.3 Å². The first-order chi connectivity index (χ1) is 24.4. The number of carboxylic acid groups (broad SMARTS) is 1. The number of nitrogens with zero attached hydrogens (tertiary/aromatic N) is 1. The molecule has 5 rings (SSSR count). The van der Waals surface area contributed by atoms with E-state index in [4.69, 9.17) is 11.5 Å². The third-order valence-electron chi connectivity index (χ3n) is 9.37. The standard InChI is InChI=1S/C40H43N5O6/c1-24-17-30(36(42)46)18-25(2)31(24)22-32(41)39(49)45-23-29-16-10-9-15-28(29)21-35(45)38(48)43-33(19-26-11-5-3-6-12-26)37(47)44-34(40(50)51)20-27-13-7-4-8-14-27/h3-18,32-35H,19-23,41H2,1-2H3,(H2,42,46)(H,43,48)(H,44,47)(H,50,51)/t32-,33-,34-,35?/m0/s1. The summed E-state index contributed by atoms with van der Waals surface area (Å²) in [5.74, 6) is -3.43. The molecule has 11 nitrogen and oxygen atoms in total. The van der Waals surface area contributed by atoms with Crippen molar-refractivity contribution in [2.45, 2.75) is 70.2 Å². The second kappa shape index (κ2) is 16.3. The number of nitrogens with two attached hydrogens (primary N) is 2. The van der Waals surface area contributed by atoms with Crippen LogP contribution in [0.15, 0.2) is 97.1 Å². The summed E-state index contributed by atoms with van der Waals surface area (Å²) in [5, 5.41) is 15.5. The van der Waals surface area contributed by atoms with Gasteiger partial charge < -0.3 is 32.1 Å². The SMILES string of the molecule is Cc1cc(C(N)=O)cc(C)c1C[C@H](N)C(=O)N1Cc2ccccc2CC1C(=O)N[C@@H](Cc1ccccc1)C(=O)N[C@@H](Cc1ccccc1)C(=O)O. The number of fused-ring (bicyclic) bond motifs is 1. The lowest BCUT2D eigenvalue weighted by atomic mass is 9.90. The minimum atomic E-state index is -1.24. The van der Waals surface area contributed by atoms with Crippen molar-refractivity contribution in [1.82, 2.24) is 15.5 Å². The zero-order valence-corrected chi connectivity index (χ0v) is 28.7. The fourth-order valence-electron chi connectivity index (χ4n) is 6.62. The largest absolute Gasteiger partial charge is 0.480 e. The molecule has 1 heterocycles. The topological polar surface area (TPSA) is 185 Å². The smallest absolute Gasteiger partial charge is 0.326 e. The van der Waals surface area contributed by atoms with Gasteiger partial charge in [0.1, 0.15) is 18.1 Å². The van der Waals surface area contributed by atoms with Crippen LogP contribution in [0.2, 0.25) is 0 Å². The zero-order valence-electron chi connectivity index (χ0n) is 28.7. The molecule has 4 atom stereocenters. The summed E-state index contributed by atoms with van der Waals surface area (Å²) in [6.45, 7) is 3.78. The summed E-state index contributed by atoms with van der Waals surface area (Å²) in [6, 6.07) is 24.5. The van der Waals surface area contributed by atoms with E-state index in [-0.39, 0.29) is 32.2 Å². The molecule has 0 saturated heterocycles. The quantitative estimate of drug-likeness (QED) is 0.143.